The van der Waals surface area contributed by atoms with Crippen molar-refractivity contribution in [3.05, 3.63) is 64.7 Å². The normalized spacial score (nSPS) is 27.7. The number of nitrogens with one attached hydrogen (secondary N) is 2. The molecule has 0 radical (unpaired) electrons. The number of benzene rings is 2. The van der Waals surface area contributed by atoms with Crippen molar-refractivity contribution in [3.8, 4) is 0 Å². The van der Waals surface area contributed by atoms with Gasteiger partial charge in [0, 0.05) is 35.3 Å². The third-order valence-electron chi connectivity index (χ3n) is 6.94. The maximum absolute atomic E-state index is 13.7. The van der Waals surface area contributed by atoms with Gasteiger partial charge >= 0.3 is 0 Å². The number of rotatable bonds is 6. The summed E-state index contributed by atoms with van der Waals surface area (Å²) in [5.41, 5.74) is 6.02. The number of halogens is 1. The highest BCUT2D eigenvalue weighted by atomic mass is 35.5. The molecule has 4 atom stereocenters. The Morgan fingerprint density at radius 2 is 1.85 bits per heavy atom. The molecule has 1 spiro atoms. The van der Waals surface area contributed by atoms with Crippen LogP contribution in [0.4, 0.5) is 5.69 Å². The number of likely N-dealkylation sites (tertiary alicyclic amines) is 1. The lowest BCUT2D eigenvalue weighted by Crippen LogP contribution is -2.53. The zero-order chi connectivity index (χ0) is 23.3. The van der Waals surface area contributed by atoms with Crippen LogP contribution in [-0.4, -0.2) is 41.1 Å². The zero-order valence-corrected chi connectivity index (χ0v) is 18.5. The summed E-state index contributed by atoms with van der Waals surface area (Å²) in [7, 11) is 0. The quantitative estimate of drug-likeness (QED) is 0.558. The average Bonchev–Trinajstić information content (AvgIpc) is 3.37. The summed E-state index contributed by atoms with van der Waals surface area (Å²) in [4.78, 5) is 53.2. The van der Waals surface area contributed by atoms with E-state index in [0.29, 0.717) is 22.7 Å². The number of carbonyl (C=O) groups is 4. The van der Waals surface area contributed by atoms with Crippen LogP contribution in [0.3, 0.4) is 0 Å². The molecule has 4 amide bonds. The van der Waals surface area contributed by atoms with Gasteiger partial charge < -0.3 is 11.1 Å². The first-order chi connectivity index (χ1) is 15.8. The van der Waals surface area contributed by atoms with E-state index in [1.807, 2.05) is 30.3 Å². The van der Waals surface area contributed by atoms with Crippen LogP contribution in [0.25, 0.3) is 0 Å². The molecule has 170 valence electrons. The molecular formula is C24H23ClN4O4. The van der Waals surface area contributed by atoms with Crippen molar-refractivity contribution in [1.29, 1.82) is 0 Å². The van der Waals surface area contributed by atoms with Gasteiger partial charge in [0.1, 0.15) is 5.54 Å². The number of primary amides is 1. The maximum Gasteiger partial charge on any atom is 0.250 e. The Labute approximate surface area is 195 Å². The second-order valence-corrected chi connectivity index (χ2v) is 9.21. The summed E-state index contributed by atoms with van der Waals surface area (Å²) in [6, 6.07) is 14.0. The number of imide groups is 1. The number of hydrogen-bond acceptors (Lipinski definition) is 5. The van der Waals surface area contributed by atoms with E-state index >= 15 is 0 Å². The summed E-state index contributed by atoms with van der Waals surface area (Å²) < 4.78 is 0. The number of anilines is 1. The van der Waals surface area contributed by atoms with Crippen molar-refractivity contribution in [2.75, 3.05) is 11.9 Å². The molecule has 2 aromatic rings. The first kappa shape index (κ1) is 21.6. The molecule has 0 saturated carbocycles. The van der Waals surface area contributed by atoms with Crippen molar-refractivity contribution >= 4 is 40.9 Å². The molecule has 5 rings (SSSR count). The van der Waals surface area contributed by atoms with Gasteiger partial charge in [0.2, 0.25) is 23.6 Å². The summed E-state index contributed by atoms with van der Waals surface area (Å²) >= 11 is 6.24. The van der Waals surface area contributed by atoms with Crippen LogP contribution in [0, 0.1) is 11.8 Å². The van der Waals surface area contributed by atoms with Gasteiger partial charge in [-0.25, -0.2) is 0 Å². The Morgan fingerprint density at radius 3 is 2.58 bits per heavy atom. The van der Waals surface area contributed by atoms with Gasteiger partial charge in [-0.1, -0.05) is 41.9 Å². The van der Waals surface area contributed by atoms with Gasteiger partial charge in [0.15, 0.2) is 0 Å². The van der Waals surface area contributed by atoms with E-state index in [2.05, 4.69) is 10.6 Å². The lowest BCUT2D eigenvalue weighted by Gasteiger charge is -2.29. The van der Waals surface area contributed by atoms with Gasteiger partial charge in [-0.2, -0.15) is 0 Å². The van der Waals surface area contributed by atoms with Gasteiger partial charge in [-0.05, 0) is 36.6 Å². The lowest BCUT2D eigenvalue weighted by atomic mass is 9.76. The molecule has 33 heavy (non-hydrogen) atoms. The second kappa shape index (κ2) is 7.97. The molecule has 8 nitrogen and oxygen atoms in total. The Morgan fingerprint density at radius 1 is 1.09 bits per heavy atom. The van der Waals surface area contributed by atoms with Crippen LogP contribution < -0.4 is 16.4 Å². The fourth-order valence-corrected chi connectivity index (χ4v) is 5.66. The molecule has 0 aliphatic carbocycles. The van der Waals surface area contributed by atoms with Gasteiger partial charge in [0.05, 0.1) is 11.8 Å². The van der Waals surface area contributed by atoms with Gasteiger partial charge in [-0.3, -0.25) is 29.4 Å². The van der Waals surface area contributed by atoms with Gasteiger partial charge in [-0.15, -0.1) is 0 Å². The lowest BCUT2D eigenvalue weighted by molar-refractivity contribution is -0.142. The highest BCUT2D eigenvalue weighted by Crippen LogP contribution is 2.53. The minimum absolute atomic E-state index is 0.0342. The number of nitrogens with two attached hydrogens (primary N) is 1. The molecule has 3 aliphatic heterocycles. The molecule has 0 aromatic heterocycles. The van der Waals surface area contributed by atoms with Crippen LogP contribution >= 0.6 is 11.6 Å². The third kappa shape index (κ3) is 3.32. The molecule has 3 heterocycles. The molecular weight excluding hydrogens is 444 g/mol. The minimum Gasteiger partial charge on any atom is -0.370 e. The molecule has 2 saturated heterocycles. The SMILES string of the molecule is NC(=O)CC[C@@H]1N[C@@]2(C(=O)Nc3ccc(Cl)cc32)[C@@H]2C(=O)N(CCc3ccccc3)C(=O)[C@H]12. The third-order valence-corrected chi connectivity index (χ3v) is 7.17. The molecule has 4 N–H and O–H groups in total. The largest absolute Gasteiger partial charge is 0.370 e. The number of hydrogen-bond donors (Lipinski definition) is 3. The Balaban J connectivity index is 1.53. The van der Waals surface area contributed by atoms with Crippen molar-refractivity contribution in [2.24, 2.45) is 17.6 Å². The fraction of sp³-hybridized carbons (Fsp3) is 0.333. The van der Waals surface area contributed by atoms with E-state index in [9.17, 15) is 19.2 Å². The summed E-state index contributed by atoms with van der Waals surface area (Å²) in [6.07, 6.45) is 0.790. The Hall–Kier alpha value is -3.23. The molecule has 0 unspecified atom stereocenters. The number of amides is 4. The van der Waals surface area contributed by atoms with Crippen molar-refractivity contribution < 1.29 is 19.2 Å². The fourth-order valence-electron chi connectivity index (χ4n) is 5.49. The number of nitrogens with zero attached hydrogens (tertiary/aromatic N) is 1. The van der Waals surface area contributed by atoms with E-state index in [-0.39, 0.29) is 25.3 Å². The van der Waals surface area contributed by atoms with Crippen LogP contribution in [0.2, 0.25) is 5.02 Å². The molecule has 2 aromatic carbocycles. The first-order valence-electron chi connectivity index (χ1n) is 10.9. The summed E-state index contributed by atoms with van der Waals surface area (Å²) in [5, 5.41) is 6.51. The van der Waals surface area contributed by atoms with Crippen molar-refractivity contribution in [3.63, 3.8) is 0 Å². The van der Waals surface area contributed by atoms with E-state index in [4.69, 9.17) is 17.3 Å². The number of fused-ring (bicyclic) bond motifs is 4. The van der Waals surface area contributed by atoms with Gasteiger partial charge in [0.25, 0.3) is 0 Å². The smallest absolute Gasteiger partial charge is 0.250 e. The Bertz CT molecular complexity index is 1170. The van der Waals surface area contributed by atoms with Crippen LogP contribution in [0.5, 0.6) is 0 Å². The summed E-state index contributed by atoms with van der Waals surface area (Å²) in [6.45, 7) is 0.220. The summed E-state index contributed by atoms with van der Waals surface area (Å²) in [5.74, 6) is -3.34. The second-order valence-electron chi connectivity index (χ2n) is 8.78. The maximum atomic E-state index is 13.7. The van der Waals surface area contributed by atoms with E-state index in [1.165, 1.54) is 4.90 Å². The van der Waals surface area contributed by atoms with E-state index in [0.717, 1.165) is 5.56 Å². The average molecular weight is 467 g/mol. The topological polar surface area (TPSA) is 122 Å². The van der Waals surface area contributed by atoms with Crippen molar-refractivity contribution in [2.45, 2.75) is 30.8 Å². The van der Waals surface area contributed by atoms with Crippen LogP contribution in [-0.2, 0) is 31.1 Å². The number of carbonyl (C=O) groups excluding carboxylic acids is 4. The zero-order valence-electron chi connectivity index (χ0n) is 17.7. The van der Waals surface area contributed by atoms with Crippen LogP contribution in [0.1, 0.15) is 24.0 Å². The molecule has 9 heteroatoms. The molecule has 0 bridgehead atoms. The van der Waals surface area contributed by atoms with E-state index in [1.54, 1.807) is 18.2 Å². The van der Waals surface area contributed by atoms with Crippen molar-refractivity contribution in [1.82, 2.24) is 10.2 Å². The first-order valence-corrected chi connectivity index (χ1v) is 11.3. The monoisotopic (exact) mass is 466 g/mol. The molecule has 3 aliphatic rings. The highest BCUT2D eigenvalue weighted by molar-refractivity contribution is 6.31. The predicted octanol–water partition coefficient (Wildman–Crippen LogP) is 1.57. The molecule has 2 fully saturated rings. The van der Waals surface area contributed by atoms with Crippen LogP contribution in [0.15, 0.2) is 48.5 Å². The predicted molar refractivity (Wildman–Crippen MR) is 121 cm³/mol. The highest BCUT2D eigenvalue weighted by Gasteiger charge is 2.70. The standard InChI is InChI=1S/C24H23ClN4O4/c25-14-6-7-16-15(12-14)24(23(33)27-16)20-19(17(28-24)8-9-18(26)30)21(31)29(22(20)32)11-10-13-4-2-1-3-5-13/h1-7,12,17,19-20,28H,8-11H2,(H2,26,30)(H,27,33)/t17-,19+,20-,24+/m0/s1. The van der Waals surface area contributed by atoms with E-state index < -0.39 is 41.1 Å². The minimum atomic E-state index is -1.43. The Kier molecular flexibility index (Phi) is 5.22.